The van der Waals surface area contributed by atoms with Crippen LogP contribution in [0.5, 0.6) is 0 Å². The van der Waals surface area contributed by atoms with Crippen molar-refractivity contribution in [3.63, 3.8) is 0 Å². The van der Waals surface area contributed by atoms with E-state index in [9.17, 15) is 0 Å². The number of hydrogen-bond donors (Lipinski definition) is 0. The molecule has 0 saturated heterocycles. The molecule has 1 aromatic heterocycles. The normalized spacial score (nSPS) is 14.8. The molecule has 1 aromatic rings. The molecule has 1 saturated carbocycles. The molecule has 0 spiro atoms. The highest BCUT2D eigenvalue weighted by Gasteiger charge is 2.28. The van der Waals surface area contributed by atoms with E-state index >= 15 is 0 Å². The number of ether oxygens (including phenoxy) is 1. The molecule has 1 aliphatic rings. The SMILES string of the molecule is CCC(CC)N(CCOC)c1cc(Br)nc(C2CC2)n1. The molecule has 0 aromatic carbocycles. The average Bonchev–Trinajstić information content (AvgIpc) is 3.27. The van der Waals surface area contributed by atoms with Gasteiger partial charge in [0.2, 0.25) is 0 Å². The van der Waals surface area contributed by atoms with Crippen LogP contribution in [0.25, 0.3) is 0 Å². The summed E-state index contributed by atoms with van der Waals surface area (Å²) in [6.07, 6.45) is 4.67. The van der Waals surface area contributed by atoms with E-state index in [1.807, 2.05) is 6.07 Å². The van der Waals surface area contributed by atoms with E-state index in [1.54, 1.807) is 7.11 Å². The first kappa shape index (κ1) is 15.7. The third kappa shape index (κ3) is 3.92. The van der Waals surface area contributed by atoms with Crippen molar-refractivity contribution < 1.29 is 4.74 Å². The van der Waals surface area contributed by atoms with Crippen LogP contribution in [0.15, 0.2) is 10.7 Å². The summed E-state index contributed by atoms with van der Waals surface area (Å²) in [5, 5.41) is 0. The first-order valence-corrected chi connectivity index (χ1v) is 8.28. The van der Waals surface area contributed by atoms with Gasteiger partial charge >= 0.3 is 0 Å². The summed E-state index contributed by atoms with van der Waals surface area (Å²) in [5.74, 6) is 2.58. The van der Waals surface area contributed by atoms with Gasteiger partial charge in [-0.05, 0) is 41.6 Å². The molecule has 2 rings (SSSR count). The predicted octanol–water partition coefficient (Wildman–Crippen LogP) is 3.76. The Morgan fingerprint density at radius 1 is 1.35 bits per heavy atom. The second-order valence-electron chi connectivity index (χ2n) is 5.34. The van der Waals surface area contributed by atoms with Crippen LogP contribution in [0, 0.1) is 0 Å². The number of hydrogen-bond acceptors (Lipinski definition) is 4. The minimum atomic E-state index is 0.499. The highest BCUT2D eigenvalue weighted by molar-refractivity contribution is 9.10. The molecule has 0 unspecified atom stereocenters. The lowest BCUT2D eigenvalue weighted by Crippen LogP contribution is -2.38. The molecule has 0 atom stereocenters. The van der Waals surface area contributed by atoms with E-state index in [2.05, 4.69) is 39.7 Å². The van der Waals surface area contributed by atoms with Gasteiger partial charge < -0.3 is 9.64 Å². The number of nitrogens with zero attached hydrogens (tertiary/aromatic N) is 3. The van der Waals surface area contributed by atoms with Gasteiger partial charge in [0.1, 0.15) is 16.2 Å². The van der Waals surface area contributed by atoms with Gasteiger partial charge in [0, 0.05) is 31.7 Å². The van der Waals surface area contributed by atoms with Crippen molar-refractivity contribution in [2.45, 2.75) is 51.5 Å². The highest BCUT2D eigenvalue weighted by atomic mass is 79.9. The molecule has 112 valence electrons. The Balaban J connectivity index is 2.26. The van der Waals surface area contributed by atoms with Crippen molar-refractivity contribution in [2.24, 2.45) is 0 Å². The molecule has 5 heteroatoms. The molecule has 20 heavy (non-hydrogen) atoms. The molecule has 1 aliphatic carbocycles. The maximum atomic E-state index is 5.26. The van der Waals surface area contributed by atoms with Gasteiger partial charge in [-0.3, -0.25) is 0 Å². The van der Waals surface area contributed by atoms with Crippen molar-refractivity contribution >= 4 is 21.7 Å². The zero-order valence-electron chi connectivity index (χ0n) is 12.6. The molecule has 0 radical (unpaired) electrons. The molecule has 0 aliphatic heterocycles. The zero-order chi connectivity index (χ0) is 14.5. The molecule has 0 amide bonds. The van der Waals surface area contributed by atoms with Crippen LogP contribution in [0.1, 0.15) is 51.3 Å². The van der Waals surface area contributed by atoms with Crippen molar-refractivity contribution in [1.82, 2.24) is 9.97 Å². The standard InChI is InChI=1S/C15H24BrN3O/c1-4-12(5-2)19(8-9-20-3)14-10-13(16)17-15(18-14)11-6-7-11/h10-12H,4-9H2,1-3H3. The number of aromatic nitrogens is 2. The summed E-state index contributed by atoms with van der Waals surface area (Å²) >= 11 is 3.53. The van der Waals surface area contributed by atoms with Gasteiger partial charge in [0.15, 0.2) is 0 Å². The topological polar surface area (TPSA) is 38.2 Å². The second-order valence-corrected chi connectivity index (χ2v) is 6.15. The Labute approximate surface area is 130 Å². The van der Waals surface area contributed by atoms with E-state index in [-0.39, 0.29) is 0 Å². The summed E-state index contributed by atoms with van der Waals surface area (Å²) in [6, 6.07) is 2.53. The van der Waals surface area contributed by atoms with Crippen molar-refractivity contribution in [3.8, 4) is 0 Å². The maximum absolute atomic E-state index is 5.26. The average molecular weight is 342 g/mol. The minimum absolute atomic E-state index is 0.499. The molecule has 4 nitrogen and oxygen atoms in total. The van der Waals surface area contributed by atoms with Gasteiger partial charge in [0.05, 0.1) is 6.61 Å². The van der Waals surface area contributed by atoms with Crippen LogP contribution >= 0.6 is 15.9 Å². The molecule has 0 bridgehead atoms. The Bertz CT molecular complexity index is 433. The predicted molar refractivity (Wildman–Crippen MR) is 85.3 cm³/mol. The van der Waals surface area contributed by atoms with Gasteiger partial charge in [-0.25, -0.2) is 9.97 Å². The van der Waals surface area contributed by atoms with Crippen LogP contribution in [0.2, 0.25) is 0 Å². The Morgan fingerprint density at radius 2 is 2.05 bits per heavy atom. The zero-order valence-corrected chi connectivity index (χ0v) is 14.2. The Hall–Kier alpha value is -0.680. The summed E-state index contributed by atoms with van der Waals surface area (Å²) in [4.78, 5) is 11.7. The monoisotopic (exact) mass is 341 g/mol. The fourth-order valence-corrected chi connectivity index (χ4v) is 2.88. The van der Waals surface area contributed by atoms with E-state index in [0.717, 1.165) is 42.2 Å². The lowest BCUT2D eigenvalue weighted by Gasteiger charge is -2.31. The van der Waals surface area contributed by atoms with Crippen molar-refractivity contribution in [3.05, 3.63) is 16.5 Å². The summed E-state index contributed by atoms with van der Waals surface area (Å²) in [7, 11) is 1.75. The highest BCUT2D eigenvalue weighted by Crippen LogP contribution is 2.39. The number of rotatable bonds is 8. The number of methoxy groups -OCH3 is 1. The minimum Gasteiger partial charge on any atom is -0.383 e. The van der Waals surface area contributed by atoms with E-state index in [0.29, 0.717) is 12.0 Å². The number of anilines is 1. The fourth-order valence-electron chi connectivity index (χ4n) is 2.50. The van der Waals surface area contributed by atoms with Crippen LogP contribution in [-0.4, -0.2) is 36.3 Å². The van der Waals surface area contributed by atoms with E-state index in [1.165, 1.54) is 12.8 Å². The maximum Gasteiger partial charge on any atom is 0.135 e. The lowest BCUT2D eigenvalue weighted by atomic mass is 10.1. The molecular formula is C15H24BrN3O. The van der Waals surface area contributed by atoms with Crippen LogP contribution < -0.4 is 4.90 Å². The second kappa shape index (κ2) is 7.36. The van der Waals surface area contributed by atoms with Gasteiger partial charge in [-0.1, -0.05) is 13.8 Å². The Morgan fingerprint density at radius 3 is 2.60 bits per heavy atom. The smallest absolute Gasteiger partial charge is 0.135 e. The molecule has 1 heterocycles. The van der Waals surface area contributed by atoms with Crippen LogP contribution in [0.4, 0.5) is 5.82 Å². The van der Waals surface area contributed by atoms with Crippen molar-refractivity contribution in [2.75, 3.05) is 25.2 Å². The fraction of sp³-hybridized carbons (Fsp3) is 0.733. The van der Waals surface area contributed by atoms with Gasteiger partial charge in [-0.2, -0.15) is 0 Å². The summed E-state index contributed by atoms with van der Waals surface area (Å²) in [5.41, 5.74) is 0. The number of halogens is 1. The first-order valence-electron chi connectivity index (χ1n) is 7.49. The molecule has 0 N–H and O–H groups in total. The quantitative estimate of drug-likeness (QED) is 0.675. The largest absolute Gasteiger partial charge is 0.383 e. The van der Waals surface area contributed by atoms with Crippen molar-refractivity contribution in [1.29, 1.82) is 0 Å². The molecule has 1 fully saturated rings. The van der Waals surface area contributed by atoms with Gasteiger partial charge in [0.25, 0.3) is 0 Å². The first-order chi connectivity index (χ1) is 9.69. The van der Waals surface area contributed by atoms with E-state index < -0.39 is 0 Å². The van der Waals surface area contributed by atoms with Crippen LogP contribution in [-0.2, 0) is 4.74 Å². The lowest BCUT2D eigenvalue weighted by molar-refractivity contribution is 0.202. The van der Waals surface area contributed by atoms with Crippen LogP contribution in [0.3, 0.4) is 0 Å². The summed E-state index contributed by atoms with van der Waals surface area (Å²) < 4.78 is 6.14. The Kier molecular flexibility index (Phi) is 5.78. The third-order valence-corrected chi connectivity index (χ3v) is 4.26. The third-order valence-electron chi connectivity index (χ3n) is 3.86. The summed E-state index contributed by atoms with van der Waals surface area (Å²) in [6.45, 7) is 6.05. The van der Waals surface area contributed by atoms with Gasteiger partial charge in [-0.15, -0.1) is 0 Å². The molecular weight excluding hydrogens is 318 g/mol. The van der Waals surface area contributed by atoms with E-state index in [4.69, 9.17) is 9.72 Å².